The molecule has 0 aromatic carbocycles. The summed E-state index contributed by atoms with van der Waals surface area (Å²) in [4.78, 5) is 4.49. The highest BCUT2D eigenvalue weighted by molar-refractivity contribution is 7.80. The summed E-state index contributed by atoms with van der Waals surface area (Å²) in [5, 5.41) is 3.55. The minimum absolute atomic E-state index is 0.352. The third-order valence-corrected chi connectivity index (χ3v) is 3.53. The van der Waals surface area contributed by atoms with Crippen LogP contribution in [0.4, 0.5) is 5.69 Å². The molecule has 0 aliphatic heterocycles. The second-order valence-electron chi connectivity index (χ2n) is 4.91. The lowest BCUT2D eigenvalue weighted by molar-refractivity contribution is 0.358. The van der Waals surface area contributed by atoms with Crippen LogP contribution in [0.5, 0.6) is 0 Å². The van der Waals surface area contributed by atoms with Gasteiger partial charge in [0.25, 0.3) is 0 Å². The molecule has 1 aliphatic carbocycles. The van der Waals surface area contributed by atoms with Crippen LogP contribution in [0, 0.1) is 5.92 Å². The molecule has 2 atom stereocenters. The van der Waals surface area contributed by atoms with E-state index < -0.39 is 0 Å². The number of hydrogen-bond donors (Lipinski definition) is 2. The lowest BCUT2D eigenvalue weighted by Crippen LogP contribution is -2.26. The van der Waals surface area contributed by atoms with Gasteiger partial charge in [-0.3, -0.25) is 4.98 Å². The molecule has 92 valence electrons. The molecule has 0 saturated heterocycles. The summed E-state index contributed by atoms with van der Waals surface area (Å²) in [6.07, 6.45) is 6.90. The van der Waals surface area contributed by atoms with E-state index in [1.54, 1.807) is 6.20 Å². The average Bonchev–Trinajstić information content (AvgIpc) is 2.29. The number of aromatic nitrogens is 1. The number of nitrogens with two attached hydrogens (primary N) is 1. The van der Waals surface area contributed by atoms with Crippen LogP contribution in [0.1, 0.15) is 38.3 Å². The number of nitrogens with one attached hydrogen (secondary N) is 1. The molecule has 1 aromatic heterocycles. The Labute approximate surface area is 108 Å². The molecule has 1 saturated carbocycles. The van der Waals surface area contributed by atoms with Gasteiger partial charge < -0.3 is 11.1 Å². The number of hydrogen-bond acceptors (Lipinski definition) is 3. The van der Waals surface area contributed by atoms with Crippen molar-refractivity contribution >= 4 is 22.9 Å². The Kier molecular flexibility index (Phi) is 3.94. The van der Waals surface area contributed by atoms with Crippen molar-refractivity contribution in [1.82, 2.24) is 4.98 Å². The average molecular weight is 249 g/mol. The highest BCUT2D eigenvalue weighted by Crippen LogP contribution is 2.26. The quantitative estimate of drug-likeness (QED) is 0.809. The van der Waals surface area contributed by atoms with Crippen molar-refractivity contribution in [3.63, 3.8) is 0 Å². The van der Waals surface area contributed by atoms with Crippen LogP contribution < -0.4 is 11.1 Å². The van der Waals surface area contributed by atoms with Gasteiger partial charge in [0.1, 0.15) is 4.99 Å². The van der Waals surface area contributed by atoms with Crippen LogP contribution in [0.15, 0.2) is 18.3 Å². The lowest BCUT2D eigenvalue weighted by atomic mass is 9.87. The first-order valence-corrected chi connectivity index (χ1v) is 6.58. The fraction of sp³-hybridized carbons (Fsp3) is 0.538. The predicted molar refractivity (Wildman–Crippen MR) is 75.2 cm³/mol. The van der Waals surface area contributed by atoms with Gasteiger partial charge in [0, 0.05) is 17.9 Å². The summed E-state index contributed by atoms with van der Waals surface area (Å²) < 4.78 is 0. The van der Waals surface area contributed by atoms with Crippen LogP contribution in [-0.4, -0.2) is 16.0 Å². The van der Waals surface area contributed by atoms with Gasteiger partial charge in [-0.2, -0.15) is 0 Å². The highest BCUT2D eigenvalue weighted by atomic mass is 32.1. The van der Waals surface area contributed by atoms with E-state index in [0.29, 0.717) is 16.7 Å². The molecule has 4 heteroatoms. The SMILES string of the molecule is CC1CCCC(Nc2ccnc(C(N)=S)c2)C1. The second-order valence-corrected chi connectivity index (χ2v) is 5.35. The van der Waals surface area contributed by atoms with E-state index in [0.717, 1.165) is 11.6 Å². The zero-order valence-electron chi connectivity index (χ0n) is 10.1. The van der Waals surface area contributed by atoms with E-state index >= 15 is 0 Å². The second kappa shape index (κ2) is 5.45. The molecule has 17 heavy (non-hydrogen) atoms. The van der Waals surface area contributed by atoms with Crippen LogP contribution in [-0.2, 0) is 0 Å². The Hall–Kier alpha value is -1.16. The number of anilines is 1. The molecule has 3 nitrogen and oxygen atoms in total. The van der Waals surface area contributed by atoms with E-state index in [4.69, 9.17) is 18.0 Å². The first kappa shape index (κ1) is 12.3. The Morgan fingerprint density at radius 2 is 2.35 bits per heavy atom. The fourth-order valence-electron chi connectivity index (χ4n) is 2.46. The van der Waals surface area contributed by atoms with Crippen molar-refractivity contribution in [2.75, 3.05) is 5.32 Å². The van der Waals surface area contributed by atoms with E-state index in [9.17, 15) is 0 Å². The van der Waals surface area contributed by atoms with Crippen molar-refractivity contribution < 1.29 is 0 Å². The van der Waals surface area contributed by atoms with Crippen molar-refractivity contribution in [2.45, 2.75) is 38.6 Å². The summed E-state index contributed by atoms with van der Waals surface area (Å²) in [6.45, 7) is 2.32. The molecular formula is C13H19N3S. The number of nitrogens with zero attached hydrogens (tertiary/aromatic N) is 1. The summed E-state index contributed by atoms with van der Waals surface area (Å²) in [7, 11) is 0. The fourth-order valence-corrected chi connectivity index (χ4v) is 2.57. The third kappa shape index (κ3) is 3.40. The zero-order chi connectivity index (χ0) is 12.3. The van der Waals surface area contributed by atoms with Gasteiger partial charge in [-0.25, -0.2) is 0 Å². The normalized spacial score (nSPS) is 24.3. The molecule has 3 N–H and O–H groups in total. The van der Waals surface area contributed by atoms with Crippen LogP contribution in [0.25, 0.3) is 0 Å². The first-order chi connectivity index (χ1) is 8.15. The number of thiocarbonyl (C=S) groups is 1. The first-order valence-electron chi connectivity index (χ1n) is 6.17. The number of rotatable bonds is 3. The predicted octanol–water partition coefficient (Wildman–Crippen LogP) is 2.71. The molecule has 1 fully saturated rings. The van der Waals surface area contributed by atoms with Gasteiger partial charge in [0.05, 0.1) is 5.69 Å². The monoisotopic (exact) mass is 249 g/mol. The Bertz CT molecular complexity index is 405. The molecule has 1 heterocycles. The van der Waals surface area contributed by atoms with Crippen LogP contribution in [0.2, 0.25) is 0 Å². The van der Waals surface area contributed by atoms with Gasteiger partial charge >= 0.3 is 0 Å². The van der Waals surface area contributed by atoms with Crippen LogP contribution >= 0.6 is 12.2 Å². The maximum Gasteiger partial charge on any atom is 0.122 e. The summed E-state index contributed by atoms with van der Waals surface area (Å²) >= 11 is 4.93. The van der Waals surface area contributed by atoms with Crippen LogP contribution in [0.3, 0.4) is 0 Å². The Balaban J connectivity index is 2.02. The molecule has 2 unspecified atom stereocenters. The molecule has 1 aliphatic rings. The van der Waals surface area contributed by atoms with Crippen molar-refractivity contribution in [2.24, 2.45) is 11.7 Å². The Morgan fingerprint density at radius 3 is 3.06 bits per heavy atom. The summed E-state index contributed by atoms with van der Waals surface area (Å²) in [5.74, 6) is 0.818. The molecule has 0 bridgehead atoms. The lowest BCUT2D eigenvalue weighted by Gasteiger charge is -2.28. The highest BCUT2D eigenvalue weighted by Gasteiger charge is 2.18. The minimum Gasteiger partial charge on any atom is -0.388 e. The van der Waals surface area contributed by atoms with Gasteiger partial charge in [-0.1, -0.05) is 32.0 Å². The van der Waals surface area contributed by atoms with Gasteiger partial charge in [0.2, 0.25) is 0 Å². The third-order valence-electron chi connectivity index (χ3n) is 3.32. The minimum atomic E-state index is 0.352. The standard InChI is InChI=1S/C13H19N3S/c1-9-3-2-4-10(7-9)16-11-5-6-15-12(8-11)13(14)17/h5-6,8-10H,2-4,7H2,1H3,(H2,14,17)(H,15,16). The maximum atomic E-state index is 5.58. The van der Waals surface area contributed by atoms with E-state index in [2.05, 4.69) is 17.2 Å². The maximum absolute atomic E-state index is 5.58. The van der Waals surface area contributed by atoms with E-state index in [-0.39, 0.29) is 0 Å². The largest absolute Gasteiger partial charge is 0.388 e. The number of pyridine rings is 1. The summed E-state index contributed by atoms with van der Waals surface area (Å²) in [5.41, 5.74) is 7.34. The zero-order valence-corrected chi connectivity index (χ0v) is 11.0. The smallest absolute Gasteiger partial charge is 0.122 e. The Morgan fingerprint density at radius 1 is 1.53 bits per heavy atom. The molecule has 2 rings (SSSR count). The topological polar surface area (TPSA) is 50.9 Å². The van der Waals surface area contributed by atoms with Gasteiger partial charge in [-0.15, -0.1) is 0 Å². The van der Waals surface area contributed by atoms with Crippen molar-refractivity contribution in [3.8, 4) is 0 Å². The molecule has 0 radical (unpaired) electrons. The van der Waals surface area contributed by atoms with E-state index in [1.165, 1.54) is 25.7 Å². The van der Waals surface area contributed by atoms with Gasteiger partial charge in [-0.05, 0) is 30.9 Å². The van der Waals surface area contributed by atoms with Crippen molar-refractivity contribution in [3.05, 3.63) is 24.0 Å². The van der Waals surface area contributed by atoms with Gasteiger partial charge in [0.15, 0.2) is 0 Å². The molecule has 0 spiro atoms. The molecule has 1 aromatic rings. The molecular weight excluding hydrogens is 230 g/mol. The van der Waals surface area contributed by atoms with E-state index in [1.807, 2.05) is 12.1 Å². The summed E-state index contributed by atoms with van der Waals surface area (Å²) in [6, 6.07) is 4.48. The molecule has 0 amide bonds. The van der Waals surface area contributed by atoms with Crippen molar-refractivity contribution in [1.29, 1.82) is 0 Å².